The van der Waals surface area contributed by atoms with Crippen LogP contribution in [0.4, 0.5) is 5.69 Å². The Balaban J connectivity index is 1.82. The van der Waals surface area contributed by atoms with Crippen LogP contribution in [0.3, 0.4) is 0 Å². The minimum absolute atomic E-state index is 0.155. The van der Waals surface area contributed by atoms with Crippen LogP contribution >= 0.6 is 0 Å². The van der Waals surface area contributed by atoms with Gasteiger partial charge in [0.25, 0.3) is 0 Å². The van der Waals surface area contributed by atoms with Crippen LogP contribution in [0.15, 0.2) is 34.3 Å². The SMILES string of the molecule is NC1=NC2(CCCCC2)N(c2ccc3[nH]c(C(=O)O)cc3c2)C(N)=N1. The second kappa shape index (κ2) is 5.51. The van der Waals surface area contributed by atoms with Gasteiger partial charge in [0.2, 0.25) is 11.9 Å². The van der Waals surface area contributed by atoms with Crippen molar-refractivity contribution in [3.63, 3.8) is 0 Å². The van der Waals surface area contributed by atoms with Gasteiger partial charge in [0.15, 0.2) is 0 Å². The van der Waals surface area contributed by atoms with Crippen LogP contribution in [0.25, 0.3) is 10.9 Å². The highest BCUT2D eigenvalue weighted by molar-refractivity contribution is 6.06. The van der Waals surface area contributed by atoms with Gasteiger partial charge in [-0.25, -0.2) is 9.79 Å². The van der Waals surface area contributed by atoms with Crippen molar-refractivity contribution in [2.75, 3.05) is 4.90 Å². The molecule has 25 heavy (non-hydrogen) atoms. The molecular weight excluding hydrogens is 320 g/mol. The Morgan fingerprint density at radius 3 is 2.68 bits per heavy atom. The molecule has 0 saturated heterocycles. The number of aromatic amines is 1. The molecule has 1 fully saturated rings. The van der Waals surface area contributed by atoms with Crippen LogP contribution in [0.5, 0.6) is 0 Å². The van der Waals surface area contributed by atoms with Gasteiger partial charge in [0, 0.05) is 16.6 Å². The maximum atomic E-state index is 11.2. The first-order chi connectivity index (χ1) is 12.0. The lowest BCUT2D eigenvalue weighted by Gasteiger charge is -2.45. The number of fused-ring (bicyclic) bond motifs is 1. The molecule has 0 atom stereocenters. The summed E-state index contributed by atoms with van der Waals surface area (Å²) >= 11 is 0. The summed E-state index contributed by atoms with van der Waals surface area (Å²) in [6.07, 6.45) is 4.98. The quantitative estimate of drug-likeness (QED) is 0.663. The fraction of sp³-hybridized carbons (Fsp3) is 0.353. The van der Waals surface area contributed by atoms with Gasteiger partial charge >= 0.3 is 5.97 Å². The summed E-state index contributed by atoms with van der Waals surface area (Å²) in [5, 5.41) is 9.96. The Hall–Kier alpha value is -3.03. The lowest BCUT2D eigenvalue weighted by molar-refractivity contribution is 0.0691. The summed E-state index contributed by atoms with van der Waals surface area (Å²) in [6.45, 7) is 0. The van der Waals surface area contributed by atoms with E-state index in [0.29, 0.717) is 5.96 Å². The number of aromatic nitrogens is 1. The molecule has 8 nitrogen and oxygen atoms in total. The largest absolute Gasteiger partial charge is 0.477 e. The molecule has 8 heteroatoms. The highest BCUT2D eigenvalue weighted by Crippen LogP contribution is 2.40. The van der Waals surface area contributed by atoms with Crippen LogP contribution in [0, 0.1) is 0 Å². The highest BCUT2D eigenvalue weighted by atomic mass is 16.4. The smallest absolute Gasteiger partial charge is 0.352 e. The first-order valence-corrected chi connectivity index (χ1v) is 8.34. The van der Waals surface area contributed by atoms with E-state index >= 15 is 0 Å². The van der Waals surface area contributed by atoms with Crippen molar-refractivity contribution in [3.05, 3.63) is 30.0 Å². The highest BCUT2D eigenvalue weighted by Gasteiger charge is 2.42. The lowest BCUT2D eigenvalue weighted by atomic mass is 9.87. The lowest BCUT2D eigenvalue weighted by Crippen LogP contribution is -2.58. The van der Waals surface area contributed by atoms with Crippen LogP contribution in [0.2, 0.25) is 0 Å². The molecule has 0 amide bonds. The molecule has 0 radical (unpaired) electrons. The van der Waals surface area contributed by atoms with Crippen LogP contribution in [-0.4, -0.2) is 33.6 Å². The topological polar surface area (TPSA) is 133 Å². The van der Waals surface area contributed by atoms with Gasteiger partial charge in [-0.1, -0.05) is 6.42 Å². The van der Waals surface area contributed by atoms with E-state index in [9.17, 15) is 4.79 Å². The fourth-order valence-electron chi connectivity index (χ4n) is 3.87. The van der Waals surface area contributed by atoms with Crippen molar-refractivity contribution in [3.8, 4) is 0 Å². The molecule has 1 aliphatic heterocycles. The Morgan fingerprint density at radius 1 is 1.20 bits per heavy atom. The van der Waals surface area contributed by atoms with E-state index in [2.05, 4.69) is 15.0 Å². The van der Waals surface area contributed by atoms with Crippen molar-refractivity contribution < 1.29 is 9.90 Å². The molecule has 0 unspecified atom stereocenters. The van der Waals surface area contributed by atoms with Crippen LogP contribution in [0.1, 0.15) is 42.6 Å². The summed E-state index contributed by atoms with van der Waals surface area (Å²) in [4.78, 5) is 24.8. The second-order valence-electron chi connectivity index (χ2n) is 6.58. The normalized spacial score (nSPS) is 19.8. The zero-order chi connectivity index (χ0) is 17.6. The van der Waals surface area contributed by atoms with Crippen LogP contribution < -0.4 is 16.4 Å². The average molecular weight is 340 g/mol. The number of hydrogen-bond acceptors (Lipinski definition) is 6. The summed E-state index contributed by atoms with van der Waals surface area (Å²) in [7, 11) is 0. The van der Waals surface area contributed by atoms with Crippen molar-refractivity contribution >= 4 is 34.5 Å². The molecule has 1 saturated carbocycles. The third-order valence-corrected chi connectivity index (χ3v) is 4.94. The van der Waals surface area contributed by atoms with Gasteiger partial charge in [-0.15, -0.1) is 0 Å². The van der Waals surface area contributed by atoms with Gasteiger partial charge in [0.1, 0.15) is 11.4 Å². The standard InChI is InChI=1S/C17H20N6O2/c18-15-21-16(19)23(17(22-15)6-2-1-3-7-17)11-4-5-12-10(8-11)9-13(20-12)14(24)25/h4-5,8-9,20H,1-3,6-7H2,(H,24,25)(H4,18,19,21,22). The summed E-state index contributed by atoms with van der Waals surface area (Å²) < 4.78 is 0. The number of aromatic carboxylic acids is 1. The van der Waals surface area contributed by atoms with Gasteiger partial charge in [0.05, 0.1) is 0 Å². The summed E-state index contributed by atoms with van der Waals surface area (Å²) in [6, 6.07) is 7.28. The van der Waals surface area contributed by atoms with E-state index in [0.717, 1.165) is 42.3 Å². The number of nitrogens with zero attached hydrogens (tertiary/aromatic N) is 3. The third kappa shape index (κ3) is 2.50. The maximum Gasteiger partial charge on any atom is 0.352 e. The Labute approximate surface area is 144 Å². The molecule has 2 aromatic rings. The number of carboxylic acids is 1. The zero-order valence-electron chi connectivity index (χ0n) is 13.7. The molecule has 130 valence electrons. The molecule has 0 bridgehead atoms. The number of anilines is 1. The Kier molecular flexibility index (Phi) is 3.41. The number of nitrogens with one attached hydrogen (secondary N) is 1. The summed E-state index contributed by atoms with van der Waals surface area (Å²) in [5.41, 5.74) is 13.3. The summed E-state index contributed by atoms with van der Waals surface area (Å²) in [5.74, 6) is -0.452. The van der Waals surface area contributed by atoms with Gasteiger partial charge in [-0.2, -0.15) is 4.99 Å². The first-order valence-electron chi connectivity index (χ1n) is 8.34. The molecule has 4 rings (SSSR count). The predicted molar refractivity (Wildman–Crippen MR) is 96.8 cm³/mol. The van der Waals surface area contributed by atoms with Crippen molar-refractivity contribution in [2.45, 2.75) is 37.8 Å². The zero-order valence-corrected chi connectivity index (χ0v) is 13.7. The van der Waals surface area contributed by atoms with Crippen LogP contribution in [-0.2, 0) is 0 Å². The number of benzene rings is 1. The molecule has 1 spiro atoms. The number of nitrogens with two attached hydrogens (primary N) is 2. The number of rotatable bonds is 2. The van der Waals surface area contributed by atoms with E-state index in [1.807, 2.05) is 23.1 Å². The number of guanidine groups is 2. The number of hydrogen-bond donors (Lipinski definition) is 4. The van der Waals surface area contributed by atoms with Gasteiger partial charge < -0.3 is 21.6 Å². The minimum Gasteiger partial charge on any atom is -0.477 e. The van der Waals surface area contributed by atoms with Gasteiger partial charge in [-0.05, 0) is 49.9 Å². The van der Waals surface area contributed by atoms with E-state index in [-0.39, 0.29) is 11.7 Å². The Bertz CT molecular complexity index is 907. The fourth-order valence-corrected chi connectivity index (χ4v) is 3.87. The third-order valence-electron chi connectivity index (χ3n) is 4.94. The van der Waals surface area contributed by atoms with Crippen molar-refractivity contribution in [2.24, 2.45) is 21.5 Å². The molecular formula is C17H20N6O2. The molecule has 1 aromatic carbocycles. The number of carboxylic acid groups (broad SMARTS) is 1. The average Bonchev–Trinajstić information content (AvgIpc) is 2.98. The molecule has 6 N–H and O–H groups in total. The van der Waals surface area contributed by atoms with Crippen molar-refractivity contribution in [1.82, 2.24) is 4.98 Å². The second-order valence-corrected chi connectivity index (χ2v) is 6.58. The molecule has 2 heterocycles. The van der Waals surface area contributed by atoms with E-state index < -0.39 is 11.6 Å². The number of H-pyrrole nitrogens is 1. The maximum absolute atomic E-state index is 11.2. The first kappa shape index (κ1) is 15.5. The number of aliphatic imine (C=N–C) groups is 2. The van der Waals surface area contributed by atoms with Gasteiger partial charge in [-0.3, -0.25) is 4.90 Å². The molecule has 2 aliphatic rings. The molecule has 1 aliphatic carbocycles. The van der Waals surface area contributed by atoms with E-state index in [1.54, 1.807) is 6.07 Å². The monoisotopic (exact) mass is 340 g/mol. The Morgan fingerprint density at radius 2 is 1.96 bits per heavy atom. The number of carbonyl (C=O) groups is 1. The van der Waals surface area contributed by atoms with Crippen molar-refractivity contribution in [1.29, 1.82) is 0 Å². The van der Waals surface area contributed by atoms with E-state index in [4.69, 9.17) is 16.6 Å². The molecule has 1 aromatic heterocycles. The minimum atomic E-state index is -0.988. The predicted octanol–water partition coefficient (Wildman–Crippen LogP) is 1.98. The van der Waals surface area contributed by atoms with E-state index in [1.165, 1.54) is 6.42 Å².